The quantitative estimate of drug-likeness (QED) is 0.320. The molecule has 4 heteroatoms. The van der Waals surface area contributed by atoms with Gasteiger partial charge in [-0.25, -0.2) is 0 Å². The van der Waals surface area contributed by atoms with Gasteiger partial charge in [-0.15, -0.1) is 11.6 Å². The molecule has 0 rings (SSSR count). The first kappa shape index (κ1) is 14.0. The molecule has 0 radical (unpaired) electrons. The van der Waals surface area contributed by atoms with Gasteiger partial charge in [0.15, 0.2) is 0 Å². The third-order valence-electron chi connectivity index (χ3n) is 1.51. The summed E-state index contributed by atoms with van der Waals surface area (Å²) in [6.45, 7) is 1.97. The van der Waals surface area contributed by atoms with Crippen molar-refractivity contribution in [2.45, 2.75) is 24.9 Å². The first-order valence-electron chi connectivity index (χ1n) is 3.52. The molecule has 0 aliphatic carbocycles. The highest BCUT2D eigenvalue weighted by Gasteiger charge is 2.27. The molecule has 2 atom stereocenters. The minimum absolute atomic E-state index is 0. The molecule has 0 aromatic heterocycles. The number of quaternary nitrogens is 1. The maximum Gasteiger partial charge on any atom is 0.206 e. The molecule has 0 saturated carbocycles. The Bertz CT molecular complexity index is 103. The van der Waals surface area contributed by atoms with E-state index in [-0.39, 0.29) is 17.8 Å². The molecule has 0 aliphatic rings. The van der Waals surface area contributed by atoms with Crippen molar-refractivity contribution >= 4 is 11.6 Å². The standard InChI is InChI=1S/C7H17ClNO.ClH/c1-5-6(8)7(10)9(2,3)4;/h6-7,10H,5H2,1-4H3;1H/q+1;/p-1. The molecule has 0 amide bonds. The van der Waals surface area contributed by atoms with Crippen molar-refractivity contribution in [3.8, 4) is 0 Å². The van der Waals surface area contributed by atoms with E-state index in [0.29, 0.717) is 4.48 Å². The van der Waals surface area contributed by atoms with E-state index in [1.165, 1.54) is 0 Å². The second-order valence-electron chi connectivity index (χ2n) is 3.45. The summed E-state index contributed by atoms with van der Waals surface area (Å²) in [5, 5.41) is 9.36. The monoisotopic (exact) mass is 201 g/mol. The van der Waals surface area contributed by atoms with Crippen molar-refractivity contribution in [3.63, 3.8) is 0 Å². The van der Waals surface area contributed by atoms with Gasteiger partial charge in [-0.3, -0.25) is 0 Å². The molecule has 70 valence electrons. The van der Waals surface area contributed by atoms with Gasteiger partial charge in [0.1, 0.15) is 5.38 Å². The zero-order valence-corrected chi connectivity index (χ0v) is 9.02. The van der Waals surface area contributed by atoms with Gasteiger partial charge < -0.3 is 22.0 Å². The second-order valence-corrected chi connectivity index (χ2v) is 4.01. The van der Waals surface area contributed by atoms with Crippen LogP contribution in [0.25, 0.3) is 0 Å². The van der Waals surface area contributed by atoms with Gasteiger partial charge in [0.05, 0.1) is 21.1 Å². The molecule has 0 spiro atoms. The minimum atomic E-state index is -0.466. The van der Waals surface area contributed by atoms with Crippen LogP contribution < -0.4 is 12.4 Å². The van der Waals surface area contributed by atoms with E-state index in [4.69, 9.17) is 11.6 Å². The van der Waals surface area contributed by atoms with Gasteiger partial charge in [0.2, 0.25) is 6.23 Å². The molecule has 11 heavy (non-hydrogen) atoms. The summed E-state index contributed by atoms with van der Waals surface area (Å²) in [7, 11) is 5.78. The van der Waals surface area contributed by atoms with Crippen LogP contribution in [-0.4, -0.2) is 42.3 Å². The Hall–Kier alpha value is 0.500. The lowest BCUT2D eigenvalue weighted by Gasteiger charge is -2.32. The smallest absolute Gasteiger partial charge is 0.206 e. The van der Waals surface area contributed by atoms with Crippen LogP contribution in [0.2, 0.25) is 0 Å². The first-order valence-corrected chi connectivity index (χ1v) is 3.96. The van der Waals surface area contributed by atoms with E-state index >= 15 is 0 Å². The lowest BCUT2D eigenvalue weighted by Crippen LogP contribution is -3.00. The van der Waals surface area contributed by atoms with Gasteiger partial charge in [-0.1, -0.05) is 6.92 Å². The number of nitrogens with zero attached hydrogens (tertiary/aromatic N) is 1. The summed E-state index contributed by atoms with van der Waals surface area (Å²) < 4.78 is 0.502. The van der Waals surface area contributed by atoms with Crippen LogP contribution in [0.3, 0.4) is 0 Å². The van der Waals surface area contributed by atoms with Gasteiger partial charge in [0, 0.05) is 0 Å². The van der Waals surface area contributed by atoms with Gasteiger partial charge >= 0.3 is 0 Å². The highest BCUT2D eigenvalue weighted by Crippen LogP contribution is 2.13. The fourth-order valence-electron chi connectivity index (χ4n) is 0.696. The van der Waals surface area contributed by atoms with Crippen molar-refractivity contribution in [2.24, 2.45) is 0 Å². The summed E-state index contributed by atoms with van der Waals surface area (Å²) in [5.41, 5.74) is 0. The third kappa shape index (κ3) is 4.86. The normalized spacial score (nSPS) is 16.9. The molecule has 0 aromatic rings. The maximum atomic E-state index is 9.49. The van der Waals surface area contributed by atoms with E-state index in [9.17, 15) is 5.11 Å². The van der Waals surface area contributed by atoms with E-state index < -0.39 is 6.23 Å². The Balaban J connectivity index is 0. The van der Waals surface area contributed by atoms with Crippen LogP contribution in [-0.2, 0) is 0 Å². The van der Waals surface area contributed by atoms with E-state index in [1.807, 2.05) is 28.1 Å². The Morgan fingerprint density at radius 3 is 1.82 bits per heavy atom. The summed E-state index contributed by atoms with van der Waals surface area (Å²) in [4.78, 5) is 0. The molecule has 2 unspecified atom stereocenters. The summed E-state index contributed by atoms with van der Waals surface area (Å²) in [6, 6.07) is 0. The molecule has 1 N–H and O–H groups in total. The Labute approximate surface area is 80.1 Å². The molecule has 2 nitrogen and oxygen atoms in total. The lowest BCUT2D eigenvalue weighted by molar-refractivity contribution is -0.918. The average molecular weight is 202 g/mol. The number of hydrogen-bond donors (Lipinski definition) is 1. The van der Waals surface area contributed by atoms with Crippen LogP contribution in [0.4, 0.5) is 0 Å². The van der Waals surface area contributed by atoms with Crippen LogP contribution in [0.15, 0.2) is 0 Å². The number of halogens is 2. The minimum Gasteiger partial charge on any atom is -1.00 e. The third-order valence-corrected chi connectivity index (χ3v) is 2.04. The van der Waals surface area contributed by atoms with Crippen LogP contribution in [0.1, 0.15) is 13.3 Å². The Morgan fingerprint density at radius 2 is 1.73 bits per heavy atom. The molecule has 0 aliphatic heterocycles. The van der Waals surface area contributed by atoms with Crippen LogP contribution >= 0.6 is 11.6 Å². The summed E-state index contributed by atoms with van der Waals surface area (Å²) in [5.74, 6) is 0. The molecule has 0 heterocycles. The largest absolute Gasteiger partial charge is 1.00 e. The molecular formula is C7H17Cl2NO. The highest BCUT2D eigenvalue weighted by molar-refractivity contribution is 6.20. The predicted molar refractivity (Wildman–Crippen MR) is 44.0 cm³/mol. The number of aliphatic hydroxyl groups excluding tert-OH is 1. The molecule has 0 aromatic carbocycles. The average Bonchev–Trinajstić information content (AvgIpc) is 1.83. The van der Waals surface area contributed by atoms with Gasteiger partial charge in [0.25, 0.3) is 0 Å². The van der Waals surface area contributed by atoms with Crippen molar-refractivity contribution in [1.82, 2.24) is 0 Å². The predicted octanol–water partition coefficient (Wildman–Crippen LogP) is -1.97. The molecule has 0 fully saturated rings. The van der Waals surface area contributed by atoms with Crippen molar-refractivity contribution < 1.29 is 22.0 Å². The molecular weight excluding hydrogens is 185 g/mol. The van der Waals surface area contributed by atoms with Gasteiger partial charge in [-0.05, 0) is 6.42 Å². The van der Waals surface area contributed by atoms with Crippen LogP contribution in [0.5, 0.6) is 0 Å². The number of rotatable bonds is 3. The topological polar surface area (TPSA) is 20.2 Å². The zero-order chi connectivity index (χ0) is 8.36. The summed E-state index contributed by atoms with van der Waals surface area (Å²) in [6.07, 6.45) is 0.338. The number of aliphatic hydroxyl groups is 1. The van der Waals surface area contributed by atoms with Gasteiger partial charge in [-0.2, -0.15) is 0 Å². The zero-order valence-electron chi connectivity index (χ0n) is 7.51. The summed E-state index contributed by atoms with van der Waals surface area (Å²) >= 11 is 5.83. The maximum absolute atomic E-state index is 9.49. The fourth-order valence-corrected chi connectivity index (χ4v) is 1.03. The Kier molecular flexibility index (Phi) is 6.64. The van der Waals surface area contributed by atoms with Crippen molar-refractivity contribution in [3.05, 3.63) is 0 Å². The second kappa shape index (κ2) is 5.20. The van der Waals surface area contributed by atoms with E-state index in [1.54, 1.807) is 0 Å². The highest BCUT2D eigenvalue weighted by atomic mass is 35.5. The van der Waals surface area contributed by atoms with Crippen molar-refractivity contribution in [1.29, 1.82) is 0 Å². The first-order chi connectivity index (χ1) is 4.39. The molecule has 0 bridgehead atoms. The lowest BCUT2D eigenvalue weighted by atomic mass is 10.2. The number of alkyl halides is 1. The number of hydrogen-bond acceptors (Lipinski definition) is 1. The fraction of sp³-hybridized carbons (Fsp3) is 1.00. The van der Waals surface area contributed by atoms with Crippen LogP contribution in [0, 0.1) is 0 Å². The Morgan fingerprint density at radius 1 is 1.36 bits per heavy atom. The van der Waals surface area contributed by atoms with Crippen molar-refractivity contribution in [2.75, 3.05) is 21.1 Å². The van der Waals surface area contributed by atoms with E-state index in [2.05, 4.69) is 0 Å². The molecule has 0 saturated heterocycles. The van der Waals surface area contributed by atoms with E-state index in [0.717, 1.165) is 6.42 Å². The SMILES string of the molecule is CCC(Cl)C(O)[N+](C)(C)C.[Cl-].